The van der Waals surface area contributed by atoms with Gasteiger partial charge in [0.1, 0.15) is 5.75 Å². The number of nitro groups is 1. The van der Waals surface area contributed by atoms with Crippen molar-refractivity contribution in [2.45, 2.75) is 19.4 Å². The molecule has 0 saturated carbocycles. The van der Waals surface area contributed by atoms with Crippen LogP contribution in [0.5, 0.6) is 11.5 Å². The van der Waals surface area contributed by atoms with E-state index in [0.29, 0.717) is 5.75 Å². The zero-order valence-electron chi connectivity index (χ0n) is 12.1. The summed E-state index contributed by atoms with van der Waals surface area (Å²) in [5.74, 6) is 0.842. The van der Waals surface area contributed by atoms with Gasteiger partial charge in [-0.3, -0.25) is 10.1 Å². The first-order chi connectivity index (χ1) is 11.0. The second kappa shape index (κ2) is 6.74. The van der Waals surface area contributed by atoms with Crippen LogP contribution in [0.2, 0.25) is 10.0 Å². The summed E-state index contributed by atoms with van der Waals surface area (Å²) in [6.45, 7) is 1.83. The number of aryl methyl sites for hydroxylation is 1. The van der Waals surface area contributed by atoms with Gasteiger partial charge in [-0.1, -0.05) is 29.3 Å². The first-order valence-electron chi connectivity index (χ1n) is 7.18. The van der Waals surface area contributed by atoms with Crippen LogP contribution < -0.4 is 10.1 Å². The van der Waals surface area contributed by atoms with Crippen molar-refractivity contribution in [2.75, 3.05) is 6.54 Å². The number of rotatable bonds is 3. The number of nitrogens with one attached hydrogen (secondary N) is 1. The minimum atomic E-state index is -0.545. The van der Waals surface area contributed by atoms with E-state index in [9.17, 15) is 10.1 Å². The molecule has 1 N–H and O–H groups in total. The highest BCUT2D eigenvalue weighted by atomic mass is 35.5. The quantitative estimate of drug-likeness (QED) is 0.640. The first kappa shape index (κ1) is 16.1. The van der Waals surface area contributed by atoms with Crippen LogP contribution in [-0.2, 0) is 13.0 Å². The summed E-state index contributed by atoms with van der Waals surface area (Å²) in [6, 6.07) is 8.29. The van der Waals surface area contributed by atoms with Crippen molar-refractivity contribution in [2.24, 2.45) is 0 Å². The molecule has 5 nitrogen and oxygen atoms in total. The molecule has 0 amide bonds. The summed E-state index contributed by atoms with van der Waals surface area (Å²) in [6.07, 6.45) is 2.04. The van der Waals surface area contributed by atoms with E-state index in [1.54, 1.807) is 0 Å². The molecular weight excluding hydrogens is 339 g/mol. The Morgan fingerprint density at radius 3 is 2.57 bits per heavy atom. The number of ether oxygens (including phenoxy) is 1. The Morgan fingerprint density at radius 2 is 1.87 bits per heavy atom. The maximum absolute atomic E-state index is 10.8. The van der Waals surface area contributed by atoms with Gasteiger partial charge in [0.15, 0.2) is 5.75 Å². The van der Waals surface area contributed by atoms with Crippen LogP contribution in [0.1, 0.15) is 17.5 Å². The van der Waals surface area contributed by atoms with Crippen LogP contribution in [0.3, 0.4) is 0 Å². The van der Waals surface area contributed by atoms with E-state index in [2.05, 4.69) is 5.32 Å². The summed E-state index contributed by atoms with van der Waals surface area (Å²) >= 11 is 12.1. The van der Waals surface area contributed by atoms with Crippen molar-refractivity contribution in [3.63, 3.8) is 0 Å². The average molecular weight is 353 g/mol. The molecule has 1 aliphatic heterocycles. The molecule has 0 aromatic heterocycles. The van der Waals surface area contributed by atoms with E-state index in [-0.39, 0.29) is 21.5 Å². The van der Waals surface area contributed by atoms with Crippen molar-refractivity contribution in [1.29, 1.82) is 0 Å². The lowest BCUT2D eigenvalue weighted by Gasteiger charge is -2.12. The van der Waals surface area contributed by atoms with Gasteiger partial charge in [0.2, 0.25) is 0 Å². The zero-order valence-corrected chi connectivity index (χ0v) is 13.7. The Labute approximate surface area is 143 Å². The van der Waals surface area contributed by atoms with Crippen LogP contribution in [0.4, 0.5) is 5.69 Å². The first-order valence-corrected chi connectivity index (χ1v) is 7.94. The smallest absolute Gasteiger partial charge is 0.272 e. The van der Waals surface area contributed by atoms with E-state index in [0.717, 1.165) is 25.9 Å². The second-order valence-corrected chi connectivity index (χ2v) is 6.12. The predicted octanol–water partition coefficient (Wildman–Crippen LogP) is 4.73. The van der Waals surface area contributed by atoms with Gasteiger partial charge < -0.3 is 10.1 Å². The van der Waals surface area contributed by atoms with E-state index < -0.39 is 4.92 Å². The zero-order chi connectivity index (χ0) is 16.4. The molecule has 0 radical (unpaired) electrons. The topological polar surface area (TPSA) is 64.4 Å². The van der Waals surface area contributed by atoms with Crippen molar-refractivity contribution in [3.05, 3.63) is 61.6 Å². The molecule has 23 heavy (non-hydrogen) atoms. The van der Waals surface area contributed by atoms with Gasteiger partial charge in [0.05, 0.1) is 15.0 Å². The van der Waals surface area contributed by atoms with Crippen LogP contribution in [-0.4, -0.2) is 11.5 Å². The number of hydrogen-bond acceptors (Lipinski definition) is 4. The highest BCUT2D eigenvalue weighted by Crippen LogP contribution is 2.39. The molecule has 2 aromatic rings. The number of nitrogens with zero attached hydrogens (tertiary/aromatic N) is 1. The van der Waals surface area contributed by atoms with Gasteiger partial charge in [-0.15, -0.1) is 0 Å². The predicted molar refractivity (Wildman–Crippen MR) is 89.7 cm³/mol. The molecule has 0 aliphatic carbocycles. The summed E-state index contributed by atoms with van der Waals surface area (Å²) in [5, 5.41) is 14.4. The Kier molecular flexibility index (Phi) is 4.71. The lowest BCUT2D eigenvalue weighted by Crippen LogP contribution is -2.11. The molecule has 2 aromatic carbocycles. The SMILES string of the molecule is O=[N+]([O-])c1cc(Cl)c(Oc2ccc3c(c2)CCCNC3)c(Cl)c1. The summed E-state index contributed by atoms with van der Waals surface area (Å²) < 4.78 is 5.77. The molecule has 0 bridgehead atoms. The number of fused-ring (bicyclic) bond motifs is 1. The molecule has 0 spiro atoms. The fraction of sp³-hybridized carbons (Fsp3) is 0.250. The van der Waals surface area contributed by atoms with E-state index >= 15 is 0 Å². The van der Waals surface area contributed by atoms with Crippen molar-refractivity contribution < 1.29 is 9.66 Å². The summed E-state index contributed by atoms with van der Waals surface area (Å²) in [7, 11) is 0. The fourth-order valence-electron chi connectivity index (χ4n) is 2.57. The Morgan fingerprint density at radius 1 is 1.13 bits per heavy atom. The molecular formula is C16H14Cl2N2O3. The summed E-state index contributed by atoms with van der Waals surface area (Å²) in [5.41, 5.74) is 2.30. The van der Waals surface area contributed by atoms with E-state index in [4.69, 9.17) is 27.9 Å². The molecule has 1 heterocycles. The fourth-order valence-corrected chi connectivity index (χ4v) is 3.12. The third-order valence-corrected chi connectivity index (χ3v) is 4.27. The minimum absolute atomic E-state index is 0.112. The Hall–Kier alpha value is -1.82. The normalized spacial score (nSPS) is 14.0. The standard InChI is InChI=1S/C16H14Cl2N2O3/c17-14-7-12(20(21)22)8-15(18)16(14)23-13-4-3-11-9-19-5-1-2-10(11)6-13/h3-4,6-8,19H,1-2,5,9H2. The van der Waals surface area contributed by atoms with Crippen LogP contribution >= 0.6 is 23.2 Å². The molecule has 0 fully saturated rings. The van der Waals surface area contributed by atoms with Gasteiger partial charge in [-0.05, 0) is 42.6 Å². The molecule has 120 valence electrons. The monoisotopic (exact) mass is 352 g/mol. The largest absolute Gasteiger partial charge is 0.454 e. The van der Waals surface area contributed by atoms with Gasteiger partial charge >= 0.3 is 0 Å². The van der Waals surface area contributed by atoms with Gasteiger partial charge in [-0.25, -0.2) is 0 Å². The van der Waals surface area contributed by atoms with Crippen LogP contribution in [0, 0.1) is 10.1 Å². The second-order valence-electron chi connectivity index (χ2n) is 5.31. The van der Waals surface area contributed by atoms with Gasteiger partial charge in [-0.2, -0.15) is 0 Å². The van der Waals surface area contributed by atoms with Crippen molar-refractivity contribution in [3.8, 4) is 11.5 Å². The maximum Gasteiger partial charge on any atom is 0.272 e. The number of non-ortho nitro benzene ring substituents is 1. The van der Waals surface area contributed by atoms with E-state index in [1.807, 2.05) is 18.2 Å². The molecule has 0 unspecified atom stereocenters. The Balaban J connectivity index is 1.90. The molecule has 0 atom stereocenters. The number of halogens is 2. The number of hydrogen-bond donors (Lipinski definition) is 1. The van der Waals surface area contributed by atoms with Crippen LogP contribution in [0.15, 0.2) is 30.3 Å². The third kappa shape index (κ3) is 3.58. The van der Waals surface area contributed by atoms with Gasteiger partial charge in [0, 0.05) is 18.7 Å². The van der Waals surface area contributed by atoms with Crippen molar-refractivity contribution in [1.82, 2.24) is 5.32 Å². The number of nitro benzene ring substituents is 1. The maximum atomic E-state index is 10.8. The molecule has 7 heteroatoms. The van der Waals surface area contributed by atoms with Crippen molar-refractivity contribution >= 4 is 28.9 Å². The molecule has 1 aliphatic rings. The third-order valence-electron chi connectivity index (χ3n) is 3.71. The molecule has 3 rings (SSSR count). The van der Waals surface area contributed by atoms with E-state index in [1.165, 1.54) is 23.3 Å². The molecule has 0 saturated heterocycles. The average Bonchev–Trinajstić information content (AvgIpc) is 2.75. The minimum Gasteiger partial charge on any atom is -0.454 e. The lowest BCUT2D eigenvalue weighted by atomic mass is 10.0. The highest BCUT2D eigenvalue weighted by molar-refractivity contribution is 6.37. The summed E-state index contributed by atoms with van der Waals surface area (Å²) in [4.78, 5) is 10.3. The highest BCUT2D eigenvalue weighted by Gasteiger charge is 2.17. The lowest BCUT2D eigenvalue weighted by molar-refractivity contribution is -0.384. The number of benzene rings is 2. The van der Waals surface area contributed by atoms with Gasteiger partial charge in [0.25, 0.3) is 5.69 Å². The Bertz CT molecular complexity index is 742. The van der Waals surface area contributed by atoms with Crippen LogP contribution in [0.25, 0.3) is 0 Å².